The number of benzene rings is 1. The molecule has 0 saturated carbocycles. The number of nitro groups is 1. The maximum absolute atomic E-state index is 11.3. The SMILES string of the molecule is CCn1c(OC(C)=O)nc(C(C)C)c1Sc1cccc([N+](=O)[O-])c1. The van der Waals surface area contributed by atoms with Crippen LogP contribution in [0.5, 0.6) is 6.01 Å². The minimum atomic E-state index is -0.433. The molecule has 0 fully saturated rings. The zero-order chi connectivity index (χ0) is 17.9. The molecule has 1 heterocycles. The van der Waals surface area contributed by atoms with Crippen LogP contribution in [0.2, 0.25) is 0 Å². The highest BCUT2D eigenvalue weighted by Gasteiger charge is 2.22. The van der Waals surface area contributed by atoms with Crippen molar-refractivity contribution < 1.29 is 14.5 Å². The van der Waals surface area contributed by atoms with E-state index < -0.39 is 10.9 Å². The molecule has 7 nitrogen and oxygen atoms in total. The Kier molecular flexibility index (Phi) is 5.61. The molecule has 2 rings (SSSR count). The second kappa shape index (κ2) is 7.48. The topological polar surface area (TPSA) is 87.3 Å². The average Bonchev–Trinajstić information content (AvgIpc) is 2.84. The molecule has 1 aromatic heterocycles. The highest BCUT2D eigenvalue weighted by atomic mass is 32.2. The van der Waals surface area contributed by atoms with E-state index in [0.717, 1.165) is 15.6 Å². The molecule has 128 valence electrons. The third kappa shape index (κ3) is 3.94. The molecular formula is C16H19N3O4S. The Bertz CT molecular complexity index is 771. The van der Waals surface area contributed by atoms with Crippen molar-refractivity contribution in [1.82, 2.24) is 9.55 Å². The minimum absolute atomic E-state index is 0.0360. The van der Waals surface area contributed by atoms with Gasteiger partial charge in [-0.2, -0.15) is 4.98 Å². The number of nitro benzene ring substituents is 1. The van der Waals surface area contributed by atoms with Crippen LogP contribution in [0.3, 0.4) is 0 Å². The summed E-state index contributed by atoms with van der Waals surface area (Å²) >= 11 is 1.38. The Labute approximate surface area is 144 Å². The minimum Gasteiger partial charge on any atom is -0.392 e. The normalized spacial score (nSPS) is 10.9. The van der Waals surface area contributed by atoms with E-state index in [0.29, 0.717) is 6.54 Å². The van der Waals surface area contributed by atoms with E-state index in [4.69, 9.17) is 4.74 Å². The van der Waals surface area contributed by atoms with Crippen molar-refractivity contribution in [3.63, 3.8) is 0 Å². The van der Waals surface area contributed by atoms with E-state index in [2.05, 4.69) is 4.98 Å². The van der Waals surface area contributed by atoms with Gasteiger partial charge in [-0.15, -0.1) is 0 Å². The molecule has 0 N–H and O–H groups in total. The lowest BCUT2D eigenvalue weighted by Gasteiger charge is -2.10. The molecular weight excluding hydrogens is 330 g/mol. The zero-order valence-corrected chi connectivity index (χ0v) is 14.8. The van der Waals surface area contributed by atoms with Crippen molar-refractivity contribution in [3.8, 4) is 6.01 Å². The molecule has 0 bridgehead atoms. The standard InChI is InChI=1S/C16H19N3O4S/c1-5-18-15(14(10(2)3)17-16(18)23-11(4)20)24-13-8-6-7-12(9-13)19(21)22/h6-10H,5H2,1-4H3. The summed E-state index contributed by atoms with van der Waals surface area (Å²) in [5.74, 6) is -0.315. The Morgan fingerprint density at radius 1 is 1.46 bits per heavy atom. The van der Waals surface area contributed by atoms with Gasteiger partial charge in [-0.1, -0.05) is 31.7 Å². The van der Waals surface area contributed by atoms with E-state index in [1.165, 1.54) is 30.8 Å². The number of hydrogen-bond donors (Lipinski definition) is 0. The van der Waals surface area contributed by atoms with Crippen LogP contribution in [-0.2, 0) is 11.3 Å². The summed E-state index contributed by atoms with van der Waals surface area (Å²) in [7, 11) is 0. The molecule has 2 aromatic rings. The lowest BCUT2D eigenvalue weighted by Crippen LogP contribution is -2.08. The first-order valence-corrected chi connectivity index (χ1v) is 8.36. The molecule has 0 aliphatic carbocycles. The molecule has 0 spiro atoms. The number of carbonyl (C=O) groups excluding carboxylic acids is 1. The van der Waals surface area contributed by atoms with Gasteiger partial charge in [0.2, 0.25) is 0 Å². The van der Waals surface area contributed by atoms with Gasteiger partial charge in [-0.05, 0) is 18.9 Å². The molecule has 8 heteroatoms. The first-order chi connectivity index (χ1) is 11.3. The van der Waals surface area contributed by atoms with Gasteiger partial charge >= 0.3 is 12.0 Å². The molecule has 0 aliphatic rings. The van der Waals surface area contributed by atoms with Crippen molar-refractivity contribution in [1.29, 1.82) is 0 Å². The number of carbonyl (C=O) groups is 1. The van der Waals surface area contributed by atoms with Crippen LogP contribution in [0, 0.1) is 10.1 Å². The molecule has 0 atom stereocenters. The van der Waals surface area contributed by atoms with Gasteiger partial charge in [0.25, 0.3) is 5.69 Å². The fraction of sp³-hybridized carbons (Fsp3) is 0.375. The summed E-state index contributed by atoms with van der Waals surface area (Å²) in [4.78, 5) is 27.0. The lowest BCUT2D eigenvalue weighted by molar-refractivity contribution is -0.385. The number of imidazole rings is 1. The Balaban J connectivity index is 2.47. The number of nitrogens with zero attached hydrogens (tertiary/aromatic N) is 3. The fourth-order valence-corrected chi connectivity index (χ4v) is 3.43. The van der Waals surface area contributed by atoms with Gasteiger partial charge in [0.05, 0.1) is 10.6 Å². The van der Waals surface area contributed by atoms with Crippen LogP contribution < -0.4 is 4.74 Å². The van der Waals surface area contributed by atoms with E-state index in [9.17, 15) is 14.9 Å². The number of ether oxygens (including phenoxy) is 1. The second-order valence-electron chi connectivity index (χ2n) is 5.43. The number of non-ortho nitro benzene ring substituents is 1. The number of hydrogen-bond acceptors (Lipinski definition) is 6. The highest BCUT2D eigenvalue weighted by Crippen LogP contribution is 2.37. The van der Waals surface area contributed by atoms with Gasteiger partial charge in [0, 0.05) is 30.5 Å². The fourth-order valence-electron chi connectivity index (χ4n) is 2.18. The summed E-state index contributed by atoms with van der Waals surface area (Å²) in [6.45, 7) is 7.82. The molecule has 0 aliphatic heterocycles. The largest absolute Gasteiger partial charge is 0.392 e. The maximum atomic E-state index is 11.3. The lowest BCUT2D eigenvalue weighted by atomic mass is 10.1. The average molecular weight is 349 g/mol. The Hall–Kier alpha value is -2.35. The van der Waals surface area contributed by atoms with Crippen LogP contribution in [0.25, 0.3) is 0 Å². The number of esters is 1. The first-order valence-electron chi connectivity index (χ1n) is 7.54. The third-order valence-corrected chi connectivity index (χ3v) is 4.36. The highest BCUT2D eigenvalue weighted by molar-refractivity contribution is 7.99. The molecule has 0 radical (unpaired) electrons. The smallest absolute Gasteiger partial charge is 0.310 e. The predicted molar refractivity (Wildman–Crippen MR) is 90.5 cm³/mol. The molecule has 0 amide bonds. The van der Waals surface area contributed by atoms with Gasteiger partial charge in [0.15, 0.2) is 0 Å². The number of aromatic nitrogens is 2. The van der Waals surface area contributed by atoms with Crippen LogP contribution in [0.15, 0.2) is 34.2 Å². The second-order valence-corrected chi connectivity index (χ2v) is 6.50. The molecule has 0 saturated heterocycles. The number of rotatable bonds is 6. The van der Waals surface area contributed by atoms with E-state index >= 15 is 0 Å². The van der Waals surface area contributed by atoms with Crippen LogP contribution >= 0.6 is 11.8 Å². The quantitative estimate of drug-likeness (QED) is 0.445. The van der Waals surface area contributed by atoms with Gasteiger partial charge < -0.3 is 4.74 Å². The van der Waals surface area contributed by atoms with Gasteiger partial charge in [-0.25, -0.2) is 0 Å². The third-order valence-electron chi connectivity index (χ3n) is 3.25. The zero-order valence-electron chi connectivity index (χ0n) is 14.0. The van der Waals surface area contributed by atoms with Crippen LogP contribution in [0.4, 0.5) is 5.69 Å². The summed E-state index contributed by atoms with van der Waals surface area (Å²) < 4.78 is 7.00. The van der Waals surface area contributed by atoms with E-state index in [-0.39, 0.29) is 17.6 Å². The maximum Gasteiger partial charge on any atom is 0.310 e. The van der Waals surface area contributed by atoms with E-state index in [1.54, 1.807) is 16.7 Å². The van der Waals surface area contributed by atoms with Crippen molar-refractivity contribution >= 4 is 23.4 Å². The van der Waals surface area contributed by atoms with Crippen LogP contribution in [0.1, 0.15) is 39.3 Å². The molecule has 1 aromatic carbocycles. The van der Waals surface area contributed by atoms with Gasteiger partial charge in [0.1, 0.15) is 5.03 Å². The summed E-state index contributed by atoms with van der Waals surface area (Å²) in [6.07, 6.45) is 0. The predicted octanol–water partition coefficient (Wildman–Crippen LogP) is 4.01. The monoisotopic (exact) mass is 349 g/mol. The van der Waals surface area contributed by atoms with Crippen molar-refractivity contribution in [2.24, 2.45) is 0 Å². The van der Waals surface area contributed by atoms with Crippen molar-refractivity contribution in [3.05, 3.63) is 40.1 Å². The first kappa shape index (κ1) is 18.0. The molecule has 24 heavy (non-hydrogen) atoms. The molecule has 0 unspecified atom stereocenters. The van der Waals surface area contributed by atoms with Crippen molar-refractivity contribution in [2.75, 3.05) is 0 Å². The summed E-state index contributed by atoms with van der Waals surface area (Å²) in [6, 6.07) is 6.68. The Morgan fingerprint density at radius 2 is 2.17 bits per heavy atom. The van der Waals surface area contributed by atoms with Gasteiger partial charge in [-0.3, -0.25) is 19.5 Å². The Morgan fingerprint density at radius 3 is 2.71 bits per heavy atom. The van der Waals surface area contributed by atoms with Crippen LogP contribution in [-0.4, -0.2) is 20.4 Å². The van der Waals surface area contributed by atoms with Crippen molar-refractivity contribution in [2.45, 2.75) is 50.1 Å². The van der Waals surface area contributed by atoms with E-state index in [1.807, 2.05) is 20.8 Å². The summed E-state index contributed by atoms with van der Waals surface area (Å²) in [5, 5.41) is 11.8. The summed E-state index contributed by atoms with van der Waals surface area (Å²) in [5.41, 5.74) is 0.832.